The molecule has 1 aromatic heterocycles. The van der Waals surface area contributed by atoms with Gasteiger partial charge in [-0.2, -0.15) is 0 Å². The second-order valence-corrected chi connectivity index (χ2v) is 10.6. The number of carbonyl (C=O) groups is 1. The molecule has 8 heteroatoms. The lowest BCUT2D eigenvalue weighted by Gasteiger charge is -2.35. The number of pyridine rings is 1. The Balaban J connectivity index is 1.78. The van der Waals surface area contributed by atoms with E-state index in [4.69, 9.17) is 14.9 Å². The maximum atomic E-state index is 13.6. The molecule has 1 aliphatic heterocycles. The molecule has 4 rings (SSSR count). The van der Waals surface area contributed by atoms with E-state index < -0.39 is 10.0 Å². The number of hydrogen-bond donors (Lipinski definition) is 1. The van der Waals surface area contributed by atoms with Crippen LogP contribution in [0.15, 0.2) is 29.2 Å². The van der Waals surface area contributed by atoms with Crippen LogP contribution in [0.25, 0.3) is 10.9 Å². The minimum Gasteiger partial charge on any atom is -0.374 e. The molecule has 2 aromatic rings. The van der Waals surface area contributed by atoms with Crippen molar-refractivity contribution in [2.45, 2.75) is 62.9 Å². The van der Waals surface area contributed by atoms with E-state index in [0.717, 1.165) is 31.4 Å². The molecule has 1 saturated heterocycles. The smallest absolute Gasteiger partial charge is 0.255 e. The molecule has 2 heterocycles. The predicted octanol–water partition coefficient (Wildman–Crippen LogP) is 3.43. The van der Waals surface area contributed by atoms with Crippen molar-refractivity contribution < 1.29 is 17.9 Å². The van der Waals surface area contributed by atoms with Gasteiger partial charge in [-0.15, -0.1) is 0 Å². The molecule has 2 N–H and O–H groups in total. The zero-order chi connectivity index (χ0) is 22.2. The third-order valence-electron chi connectivity index (χ3n) is 6.49. The molecule has 1 aliphatic carbocycles. The van der Waals surface area contributed by atoms with Gasteiger partial charge in [-0.05, 0) is 43.0 Å². The third kappa shape index (κ3) is 4.76. The Bertz CT molecular complexity index is 1080. The first-order chi connectivity index (χ1) is 14.7. The van der Waals surface area contributed by atoms with E-state index in [2.05, 4.69) is 13.8 Å². The summed E-state index contributed by atoms with van der Waals surface area (Å²) < 4.78 is 29.5. The van der Waals surface area contributed by atoms with Crippen LogP contribution in [0, 0.1) is 5.92 Å². The molecular weight excluding hydrogens is 414 g/mol. The van der Waals surface area contributed by atoms with Crippen molar-refractivity contribution in [2.24, 2.45) is 11.1 Å². The Morgan fingerprint density at radius 2 is 1.94 bits per heavy atom. The number of nitrogens with zero attached hydrogens (tertiary/aromatic N) is 2. The summed E-state index contributed by atoms with van der Waals surface area (Å²) in [7, 11) is -3.83. The molecule has 2 aliphatic rings. The van der Waals surface area contributed by atoms with E-state index in [1.165, 1.54) is 18.6 Å². The van der Waals surface area contributed by atoms with Crippen molar-refractivity contribution in [3.63, 3.8) is 0 Å². The second kappa shape index (κ2) is 8.84. The molecule has 7 nitrogen and oxygen atoms in total. The average Bonchev–Trinajstić information content (AvgIpc) is 2.77. The van der Waals surface area contributed by atoms with E-state index in [1.807, 2.05) is 11.0 Å². The standard InChI is InChI=1S/C23H31N3O4S/c1-15(2)21-14-26(10-11-30-21)23(27)19-13-17-12-18(31(24,28)29)8-9-20(17)25-22(19)16-6-4-3-5-7-16/h8-9,12-13,15-16,21H,3-7,10-11,14H2,1-2H3,(H2,24,28,29). The molecule has 2 fully saturated rings. The van der Waals surface area contributed by atoms with Gasteiger partial charge in [-0.3, -0.25) is 9.78 Å². The third-order valence-corrected chi connectivity index (χ3v) is 7.40. The van der Waals surface area contributed by atoms with Crippen molar-refractivity contribution in [3.8, 4) is 0 Å². The van der Waals surface area contributed by atoms with Crippen LogP contribution in [-0.2, 0) is 14.8 Å². The average molecular weight is 446 g/mol. The number of primary sulfonamides is 1. The highest BCUT2D eigenvalue weighted by Gasteiger charge is 2.31. The largest absolute Gasteiger partial charge is 0.374 e. The normalized spacial score (nSPS) is 21.0. The highest BCUT2D eigenvalue weighted by Crippen LogP contribution is 2.35. The summed E-state index contributed by atoms with van der Waals surface area (Å²) in [6, 6.07) is 6.48. The van der Waals surface area contributed by atoms with Gasteiger partial charge in [-0.1, -0.05) is 33.1 Å². The molecule has 1 amide bonds. The first-order valence-corrected chi connectivity index (χ1v) is 12.7. The van der Waals surface area contributed by atoms with Gasteiger partial charge in [0.1, 0.15) is 0 Å². The maximum absolute atomic E-state index is 13.6. The fourth-order valence-electron chi connectivity index (χ4n) is 4.64. The minimum absolute atomic E-state index is 0.0123. The number of amides is 1. The van der Waals surface area contributed by atoms with Crippen molar-refractivity contribution >= 4 is 26.8 Å². The Morgan fingerprint density at radius 3 is 2.61 bits per heavy atom. The molecule has 1 aromatic carbocycles. The van der Waals surface area contributed by atoms with Gasteiger partial charge < -0.3 is 9.64 Å². The Morgan fingerprint density at radius 1 is 1.19 bits per heavy atom. The van der Waals surface area contributed by atoms with Crippen molar-refractivity contribution in [1.82, 2.24) is 9.88 Å². The van der Waals surface area contributed by atoms with E-state index in [1.54, 1.807) is 6.07 Å². The summed E-state index contributed by atoms with van der Waals surface area (Å²) in [6.45, 7) is 5.80. The summed E-state index contributed by atoms with van der Waals surface area (Å²) >= 11 is 0. The number of nitrogens with two attached hydrogens (primary N) is 1. The first kappa shape index (κ1) is 22.2. The summed E-state index contributed by atoms with van der Waals surface area (Å²) in [5.74, 6) is 0.516. The summed E-state index contributed by atoms with van der Waals surface area (Å²) in [5, 5.41) is 5.93. The number of morpholine rings is 1. The minimum atomic E-state index is -3.83. The Kier molecular flexibility index (Phi) is 6.32. The van der Waals surface area contributed by atoms with Crippen LogP contribution in [0.1, 0.15) is 67.9 Å². The maximum Gasteiger partial charge on any atom is 0.255 e. The SMILES string of the molecule is CC(C)C1CN(C(=O)c2cc3cc(S(N)(=O)=O)ccc3nc2C2CCCCC2)CCO1. The lowest BCUT2D eigenvalue weighted by Crippen LogP contribution is -2.47. The Hall–Kier alpha value is -2.03. The van der Waals surface area contributed by atoms with Crippen molar-refractivity contribution in [2.75, 3.05) is 19.7 Å². The fraction of sp³-hybridized carbons (Fsp3) is 0.565. The lowest BCUT2D eigenvalue weighted by atomic mass is 9.84. The van der Waals surface area contributed by atoms with Crippen LogP contribution < -0.4 is 5.14 Å². The molecule has 0 spiro atoms. The topological polar surface area (TPSA) is 103 Å². The van der Waals surface area contributed by atoms with Crippen LogP contribution in [-0.4, -0.2) is 50.0 Å². The van der Waals surface area contributed by atoms with Gasteiger partial charge in [0.2, 0.25) is 10.0 Å². The number of benzene rings is 1. The number of aromatic nitrogens is 1. The van der Waals surface area contributed by atoms with Gasteiger partial charge in [0.15, 0.2) is 0 Å². The van der Waals surface area contributed by atoms with Crippen LogP contribution in [0.3, 0.4) is 0 Å². The molecule has 0 radical (unpaired) electrons. The summed E-state index contributed by atoms with van der Waals surface area (Å²) in [4.78, 5) is 20.4. The molecule has 0 bridgehead atoms. The van der Waals surface area contributed by atoms with Crippen LogP contribution in [0.5, 0.6) is 0 Å². The molecule has 1 atom stereocenters. The zero-order valence-corrected chi connectivity index (χ0v) is 19.0. The number of ether oxygens (including phenoxy) is 1. The molecule has 1 saturated carbocycles. The zero-order valence-electron chi connectivity index (χ0n) is 18.2. The predicted molar refractivity (Wildman–Crippen MR) is 119 cm³/mol. The quantitative estimate of drug-likeness (QED) is 0.777. The molecule has 31 heavy (non-hydrogen) atoms. The van der Waals surface area contributed by atoms with Crippen LogP contribution >= 0.6 is 0 Å². The van der Waals surface area contributed by atoms with Gasteiger partial charge in [0, 0.05) is 24.4 Å². The lowest BCUT2D eigenvalue weighted by molar-refractivity contribution is -0.0421. The van der Waals surface area contributed by atoms with E-state index in [0.29, 0.717) is 42.1 Å². The number of rotatable bonds is 4. The van der Waals surface area contributed by atoms with Crippen molar-refractivity contribution in [1.29, 1.82) is 0 Å². The Labute approximate surface area is 184 Å². The fourth-order valence-corrected chi connectivity index (χ4v) is 5.19. The van der Waals surface area contributed by atoms with Crippen LogP contribution in [0.4, 0.5) is 0 Å². The highest BCUT2D eigenvalue weighted by molar-refractivity contribution is 7.89. The number of hydrogen-bond acceptors (Lipinski definition) is 5. The van der Waals surface area contributed by atoms with Gasteiger partial charge in [0.25, 0.3) is 5.91 Å². The van der Waals surface area contributed by atoms with Gasteiger partial charge in [0.05, 0.1) is 34.4 Å². The van der Waals surface area contributed by atoms with Gasteiger partial charge >= 0.3 is 0 Å². The van der Waals surface area contributed by atoms with E-state index in [-0.39, 0.29) is 22.8 Å². The summed E-state index contributed by atoms with van der Waals surface area (Å²) in [5.41, 5.74) is 2.11. The molecular formula is C23H31N3O4S. The molecule has 168 valence electrons. The van der Waals surface area contributed by atoms with Crippen molar-refractivity contribution in [3.05, 3.63) is 35.5 Å². The van der Waals surface area contributed by atoms with E-state index >= 15 is 0 Å². The molecule has 1 unspecified atom stereocenters. The monoisotopic (exact) mass is 445 g/mol. The second-order valence-electron chi connectivity index (χ2n) is 9.06. The number of carbonyl (C=O) groups excluding carboxylic acids is 1. The van der Waals surface area contributed by atoms with Gasteiger partial charge in [-0.25, -0.2) is 13.6 Å². The first-order valence-electron chi connectivity index (χ1n) is 11.1. The van der Waals surface area contributed by atoms with Crippen LogP contribution in [0.2, 0.25) is 0 Å². The number of sulfonamides is 1. The highest BCUT2D eigenvalue weighted by atomic mass is 32.2. The van der Waals surface area contributed by atoms with E-state index in [9.17, 15) is 13.2 Å². The summed E-state index contributed by atoms with van der Waals surface area (Å²) in [6.07, 6.45) is 5.53. The number of fused-ring (bicyclic) bond motifs is 1.